The molecule has 0 aliphatic carbocycles. The molecule has 1 aromatic heterocycles. The Kier molecular flexibility index (Phi) is 4.27. The Morgan fingerprint density at radius 1 is 1.42 bits per heavy atom. The zero-order valence-corrected chi connectivity index (χ0v) is 13.2. The van der Waals surface area contributed by atoms with E-state index in [0.29, 0.717) is 17.8 Å². The van der Waals surface area contributed by atoms with Gasteiger partial charge >= 0.3 is 0 Å². The number of hydrogen-bond acceptors (Lipinski definition) is 3. The lowest BCUT2D eigenvalue weighted by Gasteiger charge is -2.18. The van der Waals surface area contributed by atoms with Gasteiger partial charge in [0.2, 0.25) is 0 Å². The van der Waals surface area contributed by atoms with Gasteiger partial charge < -0.3 is 10.6 Å². The molecule has 0 atom stereocenters. The fraction of sp³-hybridized carbons (Fsp3) is 0.214. The molecule has 0 aliphatic heterocycles. The van der Waals surface area contributed by atoms with Crippen molar-refractivity contribution in [3.05, 3.63) is 50.1 Å². The van der Waals surface area contributed by atoms with Crippen molar-refractivity contribution in [1.29, 1.82) is 0 Å². The van der Waals surface area contributed by atoms with Crippen molar-refractivity contribution in [2.75, 3.05) is 12.8 Å². The number of amides is 1. The number of anilines is 1. The molecular weight excluding hydrogens is 324 g/mol. The van der Waals surface area contributed by atoms with Gasteiger partial charge in [0, 0.05) is 24.8 Å². The molecule has 0 bridgehead atoms. The number of carbonyl (C=O) groups excluding carboxylic acids is 1. The van der Waals surface area contributed by atoms with Gasteiger partial charge in [-0.15, -0.1) is 11.3 Å². The summed E-state index contributed by atoms with van der Waals surface area (Å²) < 4.78 is 1.08. The van der Waals surface area contributed by atoms with Crippen LogP contribution in [0.15, 0.2) is 33.4 Å². The number of rotatable bonds is 3. The number of thiophene rings is 1. The predicted octanol–water partition coefficient (Wildman–Crippen LogP) is 3.67. The van der Waals surface area contributed by atoms with Crippen LogP contribution in [0, 0.1) is 6.92 Å². The molecule has 0 fully saturated rings. The molecule has 1 heterocycles. The van der Waals surface area contributed by atoms with Crippen LogP contribution in [0.25, 0.3) is 0 Å². The normalized spacial score (nSPS) is 10.5. The van der Waals surface area contributed by atoms with E-state index in [1.54, 1.807) is 28.4 Å². The van der Waals surface area contributed by atoms with Gasteiger partial charge in [-0.25, -0.2) is 0 Å². The number of benzene rings is 1. The summed E-state index contributed by atoms with van der Waals surface area (Å²) in [6.45, 7) is 2.50. The second kappa shape index (κ2) is 5.75. The van der Waals surface area contributed by atoms with Gasteiger partial charge in [-0.05, 0) is 63.6 Å². The third-order valence-electron chi connectivity index (χ3n) is 2.87. The first-order valence-corrected chi connectivity index (χ1v) is 7.49. The first kappa shape index (κ1) is 14.1. The van der Waals surface area contributed by atoms with Crippen molar-refractivity contribution in [2.45, 2.75) is 13.5 Å². The van der Waals surface area contributed by atoms with Gasteiger partial charge in [0.15, 0.2) is 0 Å². The zero-order valence-electron chi connectivity index (χ0n) is 10.8. The van der Waals surface area contributed by atoms with E-state index in [4.69, 9.17) is 5.73 Å². The number of nitrogens with zero attached hydrogens (tertiary/aromatic N) is 1. The van der Waals surface area contributed by atoms with E-state index >= 15 is 0 Å². The number of halogens is 1. The lowest BCUT2D eigenvalue weighted by atomic mass is 10.1. The molecule has 0 saturated heterocycles. The highest BCUT2D eigenvalue weighted by molar-refractivity contribution is 9.11. The van der Waals surface area contributed by atoms with Crippen LogP contribution in [0.5, 0.6) is 0 Å². The quantitative estimate of drug-likeness (QED) is 0.868. The molecule has 2 rings (SSSR count). The number of nitrogen functional groups attached to an aromatic ring is 1. The predicted molar refractivity (Wildman–Crippen MR) is 83.4 cm³/mol. The fourth-order valence-corrected chi connectivity index (χ4v) is 3.11. The number of hydrogen-bond donors (Lipinski definition) is 1. The summed E-state index contributed by atoms with van der Waals surface area (Å²) in [5.41, 5.74) is 9.11. The van der Waals surface area contributed by atoms with Gasteiger partial charge in [0.1, 0.15) is 0 Å². The number of aryl methyl sites for hydroxylation is 1. The van der Waals surface area contributed by atoms with Gasteiger partial charge in [-0.1, -0.05) is 0 Å². The number of carbonyl (C=O) groups is 1. The molecule has 0 aliphatic rings. The Balaban J connectivity index is 2.14. The van der Waals surface area contributed by atoms with Gasteiger partial charge in [-0.2, -0.15) is 0 Å². The summed E-state index contributed by atoms with van der Waals surface area (Å²) >= 11 is 5.05. The molecule has 5 heteroatoms. The molecule has 19 heavy (non-hydrogen) atoms. The van der Waals surface area contributed by atoms with Gasteiger partial charge in [-0.3, -0.25) is 4.79 Å². The molecule has 1 aromatic carbocycles. The van der Waals surface area contributed by atoms with E-state index in [0.717, 1.165) is 14.9 Å². The summed E-state index contributed by atoms with van der Waals surface area (Å²) in [5.74, 6) is 0.0137. The largest absolute Gasteiger partial charge is 0.399 e. The highest BCUT2D eigenvalue weighted by Gasteiger charge is 2.14. The van der Waals surface area contributed by atoms with Crippen molar-refractivity contribution in [3.8, 4) is 0 Å². The lowest BCUT2D eigenvalue weighted by molar-refractivity contribution is 0.0784. The third kappa shape index (κ3) is 3.36. The Morgan fingerprint density at radius 2 is 2.16 bits per heavy atom. The maximum Gasteiger partial charge on any atom is 0.254 e. The van der Waals surface area contributed by atoms with Crippen molar-refractivity contribution in [2.24, 2.45) is 0 Å². The number of nitrogens with two attached hydrogens (primary N) is 1. The summed E-state index contributed by atoms with van der Waals surface area (Å²) in [4.78, 5) is 14.1. The molecule has 3 nitrogen and oxygen atoms in total. The summed E-state index contributed by atoms with van der Waals surface area (Å²) in [5, 5.41) is 2.05. The maximum atomic E-state index is 12.4. The first-order valence-electron chi connectivity index (χ1n) is 5.82. The fourth-order valence-electron chi connectivity index (χ4n) is 1.91. The van der Waals surface area contributed by atoms with E-state index in [1.807, 2.05) is 31.5 Å². The Hall–Kier alpha value is -1.33. The van der Waals surface area contributed by atoms with E-state index in [9.17, 15) is 4.79 Å². The van der Waals surface area contributed by atoms with Crippen LogP contribution in [0.4, 0.5) is 5.69 Å². The SMILES string of the molecule is Cc1cc(N)ccc1C(=O)N(C)Cc1csc(Br)c1. The Morgan fingerprint density at radius 3 is 2.74 bits per heavy atom. The summed E-state index contributed by atoms with van der Waals surface area (Å²) in [6, 6.07) is 7.40. The monoisotopic (exact) mass is 338 g/mol. The van der Waals surface area contributed by atoms with E-state index in [1.165, 1.54) is 0 Å². The van der Waals surface area contributed by atoms with Crippen LogP contribution in [0.1, 0.15) is 21.5 Å². The van der Waals surface area contributed by atoms with Crippen LogP contribution in [0.2, 0.25) is 0 Å². The van der Waals surface area contributed by atoms with Crippen molar-refractivity contribution in [1.82, 2.24) is 4.90 Å². The second-order valence-electron chi connectivity index (χ2n) is 4.49. The average Bonchev–Trinajstić information content (AvgIpc) is 2.74. The molecule has 0 radical (unpaired) electrons. The standard InChI is InChI=1S/C14H15BrN2OS/c1-9-5-11(16)3-4-12(9)14(18)17(2)7-10-6-13(15)19-8-10/h3-6,8H,7,16H2,1-2H3. The average molecular weight is 339 g/mol. The topological polar surface area (TPSA) is 46.3 Å². The van der Waals surface area contributed by atoms with Crippen LogP contribution in [0.3, 0.4) is 0 Å². The molecule has 2 aromatic rings. The molecule has 0 spiro atoms. The van der Waals surface area contributed by atoms with Crippen molar-refractivity contribution >= 4 is 38.9 Å². The minimum atomic E-state index is 0.0137. The lowest BCUT2D eigenvalue weighted by Crippen LogP contribution is -2.26. The molecule has 1 amide bonds. The molecule has 0 unspecified atom stereocenters. The van der Waals surface area contributed by atoms with E-state index in [-0.39, 0.29) is 5.91 Å². The Labute approximate surface area is 125 Å². The highest BCUT2D eigenvalue weighted by Crippen LogP contribution is 2.22. The van der Waals surface area contributed by atoms with Crippen molar-refractivity contribution < 1.29 is 4.79 Å². The van der Waals surface area contributed by atoms with Gasteiger partial charge in [0.05, 0.1) is 3.79 Å². The smallest absolute Gasteiger partial charge is 0.254 e. The van der Waals surface area contributed by atoms with Gasteiger partial charge in [0.25, 0.3) is 5.91 Å². The third-order valence-corrected chi connectivity index (χ3v) is 4.42. The second-order valence-corrected chi connectivity index (χ2v) is 6.79. The minimum absolute atomic E-state index is 0.0137. The molecular formula is C14H15BrN2OS. The molecule has 0 saturated carbocycles. The van der Waals surface area contributed by atoms with Crippen LogP contribution in [-0.4, -0.2) is 17.9 Å². The molecule has 100 valence electrons. The van der Waals surface area contributed by atoms with Crippen molar-refractivity contribution in [3.63, 3.8) is 0 Å². The van der Waals surface area contributed by atoms with Crippen LogP contribution >= 0.6 is 27.3 Å². The van der Waals surface area contributed by atoms with E-state index < -0.39 is 0 Å². The Bertz CT molecular complexity index is 609. The van der Waals surface area contributed by atoms with Crippen LogP contribution < -0.4 is 5.73 Å². The highest BCUT2D eigenvalue weighted by atomic mass is 79.9. The summed E-state index contributed by atoms with van der Waals surface area (Å²) in [7, 11) is 1.81. The van der Waals surface area contributed by atoms with E-state index in [2.05, 4.69) is 15.9 Å². The maximum absolute atomic E-state index is 12.4. The zero-order chi connectivity index (χ0) is 14.0. The first-order chi connectivity index (χ1) is 8.97. The van der Waals surface area contributed by atoms with Crippen LogP contribution in [-0.2, 0) is 6.54 Å². The molecule has 2 N–H and O–H groups in total. The summed E-state index contributed by atoms with van der Waals surface area (Å²) in [6.07, 6.45) is 0. The minimum Gasteiger partial charge on any atom is -0.399 e.